The summed E-state index contributed by atoms with van der Waals surface area (Å²) in [5, 5.41) is 11.8. The number of nitrogens with zero attached hydrogens (tertiary/aromatic N) is 1. The number of unbranched alkanes of at least 4 members (excludes halogenated alkanes) is 27. The van der Waals surface area contributed by atoms with E-state index in [9.17, 15) is 19.5 Å². The standard InChI is InChI=1S/C78H131NO8/c1-6-8-10-12-14-16-18-20-22-24-26-28-30-32-33-34-35-36-37-38-39-40-41-42-43-45-47-49-51-53-55-57-59-61-63-65-67-69-76(81)87-74(73-86-78(77(82)83)84-71-70-79(3,4)5)72-85-75(80)68-66-64-62-60-58-56-54-52-50-48-46-44-31-29-27-25-23-21-19-17-15-13-11-9-7-2/h8,10,14,16,20,22,25-28,32-33,35-36,38-39,41-42,45,47,51,53,74,78H,6-7,9,11-13,15,17-19,21,23-24,29-31,34,37,40,43-44,46,48-50,52,54-73H2,1-5H3/b10-8-,16-14-,22-20-,27-25-,28-26-,33-32-,36-35-,39-38-,42-41-,47-45-,53-51-. The second kappa shape index (κ2) is 67.4. The van der Waals surface area contributed by atoms with Crippen LogP contribution in [0.1, 0.15) is 284 Å². The summed E-state index contributed by atoms with van der Waals surface area (Å²) in [6.07, 6.45) is 93.8. The van der Waals surface area contributed by atoms with E-state index >= 15 is 0 Å². The van der Waals surface area contributed by atoms with Crippen molar-refractivity contribution in [3.63, 3.8) is 0 Å². The number of aliphatic carboxylic acids is 1. The fourth-order valence-corrected chi connectivity index (χ4v) is 9.50. The molecule has 0 saturated carbocycles. The molecule has 0 radical (unpaired) electrons. The molecular formula is C78H131NO8. The lowest BCUT2D eigenvalue weighted by Gasteiger charge is -2.26. The molecule has 0 aliphatic heterocycles. The minimum atomic E-state index is -1.63. The topological polar surface area (TPSA) is 111 Å². The Bertz CT molecular complexity index is 1890. The first-order valence-electron chi connectivity index (χ1n) is 35.3. The molecule has 2 unspecified atom stereocenters. The number of carbonyl (C=O) groups excluding carboxylic acids is 3. The van der Waals surface area contributed by atoms with E-state index < -0.39 is 24.3 Å². The fraction of sp³-hybridized carbons (Fsp3) is 0.679. The summed E-state index contributed by atoms with van der Waals surface area (Å²) < 4.78 is 22.8. The van der Waals surface area contributed by atoms with Gasteiger partial charge in [0.2, 0.25) is 0 Å². The molecule has 9 heteroatoms. The van der Waals surface area contributed by atoms with Gasteiger partial charge in [-0.3, -0.25) is 9.59 Å². The van der Waals surface area contributed by atoms with E-state index in [1.807, 2.05) is 21.1 Å². The molecule has 0 fully saturated rings. The number of allylic oxidation sites excluding steroid dienone is 22. The van der Waals surface area contributed by atoms with Gasteiger partial charge in [0, 0.05) is 12.8 Å². The third-order valence-electron chi connectivity index (χ3n) is 14.9. The molecule has 2 atom stereocenters. The number of esters is 2. The molecule has 0 bridgehead atoms. The molecule has 496 valence electrons. The highest BCUT2D eigenvalue weighted by molar-refractivity contribution is 5.70. The summed E-state index contributed by atoms with van der Waals surface area (Å²) in [6, 6.07) is 0. The van der Waals surface area contributed by atoms with Crippen LogP contribution in [0.5, 0.6) is 0 Å². The maximum atomic E-state index is 12.9. The van der Waals surface area contributed by atoms with Crippen molar-refractivity contribution in [1.29, 1.82) is 0 Å². The molecular weight excluding hydrogens is 1080 g/mol. The van der Waals surface area contributed by atoms with Crippen LogP contribution in [-0.2, 0) is 33.3 Å². The van der Waals surface area contributed by atoms with Crippen molar-refractivity contribution in [2.75, 3.05) is 47.5 Å². The molecule has 0 saturated heterocycles. The van der Waals surface area contributed by atoms with Gasteiger partial charge in [-0.15, -0.1) is 0 Å². The summed E-state index contributed by atoms with van der Waals surface area (Å²) in [4.78, 5) is 37.5. The van der Waals surface area contributed by atoms with Gasteiger partial charge < -0.3 is 33.3 Å². The first-order valence-corrected chi connectivity index (χ1v) is 35.3. The Morgan fingerprint density at radius 3 is 0.989 bits per heavy atom. The lowest BCUT2D eigenvalue weighted by atomic mass is 10.0. The lowest BCUT2D eigenvalue weighted by Crippen LogP contribution is -2.44. The molecule has 87 heavy (non-hydrogen) atoms. The average molecular weight is 1210 g/mol. The number of carboxylic acids is 1. The van der Waals surface area contributed by atoms with E-state index in [0.717, 1.165) is 122 Å². The monoisotopic (exact) mass is 1210 g/mol. The highest BCUT2D eigenvalue weighted by Gasteiger charge is 2.22. The van der Waals surface area contributed by atoms with Crippen molar-refractivity contribution in [3.05, 3.63) is 134 Å². The summed E-state index contributed by atoms with van der Waals surface area (Å²) in [5.74, 6) is -2.31. The Balaban J connectivity index is 4.21. The van der Waals surface area contributed by atoms with Crippen LogP contribution in [-0.4, -0.2) is 82.3 Å². The molecule has 0 N–H and O–H groups in total. The third kappa shape index (κ3) is 68.8. The molecule has 0 rings (SSSR count). The summed E-state index contributed by atoms with van der Waals surface area (Å²) in [7, 11) is 5.92. The first kappa shape index (κ1) is 82.4. The van der Waals surface area contributed by atoms with Gasteiger partial charge in [0.05, 0.1) is 40.3 Å². The maximum Gasteiger partial charge on any atom is 0.306 e. The maximum absolute atomic E-state index is 12.9. The summed E-state index contributed by atoms with van der Waals surface area (Å²) in [6.45, 7) is 4.63. The van der Waals surface area contributed by atoms with E-state index in [-0.39, 0.29) is 38.6 Å². The second-order valence-corrected chi connectivity index (χ2v) is 24.4. The Hall–Kier alpha value is -4.57. The van der Waals surface area contributed by atoms with Crippen LogP contribution < -0.4 is 5.11 Å². The molecule has 0 aliphatic rings. The van der Waals surface area contributed by atoms with Crippen LogP contribution in [0.15, 0.2) is 134 Å². The zero-order valence-electron chi connectivity index (χ0n) is 56.6. The van der Waals surface area contributed by atoms with E-state index in [0.29, 0.717) is 17.4 Å². The fourth-order valence-electron chi connectivity index (χ4n) is 9.50. The van der Waals surface area contributed by atoms with Gasteiger partial charge in [0.1, 0.15) is 13.2 Å². The van der Waals surface area contributed by atoms with Crippen molar-refractivity contribution < 1.29 is 42.9 Å². The van der Waals surface area contributed by atoms with Gasteiger partial charge in [0.15, 0.2) is 12.4 Å². The molecule has 0 amide bonds. The van der Waals surface area contributed by atoms with Crippen molar-refractivity contribution in [2.24, 2.45) is 0 Å². The average Bonchev–Trinajstić information content (AvgIpc) is 3.57. The molecule has 0 heterocycles. The van der Waals surface area contributed by atoms with Gasteiger partial charge in [-0.1, -0.05) is 289 Å². The minimum Gasteiger partial charge on any atom is -0.545 e. The summed E-state index contributed by atoms with van der Waals surface area (Å²) in [5.41, 5.74) is 0. The Morgan fingerprint density at radius 2 is 0.655 bits per heavy atom. The van der Waals surface area contributed by atoms with Crippen molar-refractivity contribution >= 4 is 17.9 Å². The van der Waals surface area contributed by atoms with Crippen LogP contribution in [0.3, 0.4) is 0 Å². The van der Waals surface area contributed by atoms with Gasteiger partial charge >= 0.3 is 11.9 Å². The predicted molar refractivity (Wildman–Crippen MR) is 370 cm³/mol. The Labute approximate surface area is 535 Å². The molecule has 9 nitrogen and oxygen atoms in total. The van der Waals surface area contributed by atoms with Crippen LogP contribution in [0.25, 0.3) is 0 Å². The molecule has 0 aromatic carbocycles. The molecule has 0 aromatic heterocycles. The zero-order valence-corrected chi connectivity index (χ0v) is 56.6. The second-order valence-electron chi connectivity index (χ2n) is 24.4. The van der Waals surface area contributed by atoms with Crippen LogP contribution in [0.4, 0.5) is 0 Å². The number of hydrogen-bond acceptors (Lipinski definition) is 8. The van der Waals surface area contributed by atoms with Crippen LogP contribution in [0.2, 0.25) is 0 Å². The quantitative estimate of drug-likeness (QED) is 0.0195. The van der Waals surface area contributed by atoms with Gasteiger partial charge in [0.25, 0.3) is 0 Å². The number of carboxylic acid groups (broad SMARTS) is 1. The third-order valence-corrected chi connectivity index (χ3v) is 14.9. The first-order chi connectivity index (χ1) is 42.6. The van der Waals surface area contributed by atoms with Crippen molar-refractivity contribution in [3.8, 4) is 0 Å². The van der Waals surface area contributed by atoms with Crippen LogP contribution >= 0.6 is 0 Å². The summed E-state index contributed by atoms with van der Waals surface area (Å²) >= 11 is 0. The van der Waals surface area contributed by atoms with Crippen LogP contribution in [0, 0.1) is 0 Å². The number of hydrogen-bond donors (Lipinski definition) is 0. The number of ether oxygens (including phenoxy) is 4. The number of quaternary nitrogens is 1. The molecule has 0 aromatic rings. The Morgan fingerprint density at radius 1 is 0.356 bits per heavy atom. The zero-order chi connectivity index (χ0) is 63.3. The van der Waals surface area contributed by atoms with Crippen molar-refractivity contribution in [1.82, 2.24) is 0 Å². The largest absolute Gasteiger partial charge is 0.545 e. The van der Waals surface area contributed by atoms with Crippen molar-refractivity contribution in [2.45, 2.75) is 296 Å². The highest BCUT2D eigenvalue weighted by atomic mass is 16.7. The van der Waals surface area contributed by atoms with Gasteiger partial charge in [-0.25, -0.2) is 0 Å². The Kier molecular flexibility index (Phi) is 63.8. The highest BCUT2D eigenvalue weighted by Crippen LogP contribution is 2.16. The number of likely N-dealkylation sites (N-methyl/N-ethyl adjacent to an activating group) is 1. The van der Waals surface area contributed by atoms with E-state index in [1.165, 1.54) is 128 Å². The van der Waals surface area contributed by atoms with E-state index in [2.05, 4.69) is 148 Å². The number of rotatable bonds is 64. The van der Waals surface area contributed by atoms with E-state index in [1.54, 1.807) is 0 Å². The van der Waals surface area contributed by atoms with Gasteiger partial charge in [-0.05, 0) is 116 Å². The van der Waals surface area contributed by atoms with Gasteiger partial charge in [-0.2, -0.15) is 0 Å². The smallest absolute Gasteiger partial charge is 0.306 e. The lowest BCUT2D eigenvalue weighted by molar-refractivity contribution is -0.870. The minimum absolute atomic E-state index is 0.139. The molecule has 0 aliphatic carbocycles. The normalized spacial score (nSPS) is 13.5. The van der Waals surface area contributed by atoms with E-state index in [4.69, 9.17) is 18.9 Å². The molecule has 0 spiro atoms. The predicted octanol–water partition coefficient (Wildman–Crippen LogP) is 20.8. The SMILES string of the molecule is CC/C=C\C/C=C\C/C=C\C/C=C\C/C=C\C/C=C\C/C=C\C/C=C\C/C=C\C/C=C\CCCCCCCCC(=O)OC(COC(=O)CCCCCCCCCCCCCCC/C=C\CCCCCCCCCC)COC(OCC[N+](C)(C)C)C(=O)[O-]. The number of carbonyl (C=O) groups is 3.